The van der Waals surface area contributed by atoms with Crippen molar-refractivity contribution in [2.75, 3.05) is 19.8 Å². The maximum Gasteiger partial charge on any atom is 0.220 e. The van der Waals surface area contributed by atoms with Crippen molar-refractivity contribution >= 4 is 5.91 Å². The number of ether oxygens (including phenoxy) is 4. The van der Waals surface area contributed by atoms with Crippen molar-refractivity contribution in [1.29, 1.82) is 0 Å². The molecule has 0 radical (unpaired) electrons. The summed E-state index contributed by atoms with van der Waals surface area (Å²) < 4.78 is 22.9. The molecule has 14 nitrogen and oxygen atoms in total. The van der Waals surface area contributed by atoms with Gasteiger partial charge in [-0.1, -0.05) is 290 Å². The first kappa shape index (κ1) is 73.1. The van der Waals surface area contributed by atoms with E-state index in [1.165, 1.54) is 231 Å². The van der Waals surface area contributed by atoms with Crippen LogP contribution in [0, 0.1) is 0 Å². The van der Waals surface area contributed by atoms with Gasteiger partial charge in [-0.15, -0.1) is 0 Å². The third kappa shape index (κ3) is 35.2. The van der Waals surface area contributed by atoms with E-state index in [0.717, 1.165) is 51.4 Å². The highest BCUT2D eigenvalue weighted by Gasteiger charge is 2.51. The monoisotopic (exact) mass is 1120 g/mol. The summed E-state index contributed by atoms with van der Waals surface area (Å²) in [4.78, 5) is 13.3. The second-order valence-corrected chi connectivity index (χ2v) is 24.0. The Kier molecular flexibility index (Phi) is 47.3. The SMILES string of the molecule is CCCCCCCCCCCCCCCCCCCCCCCCCCCCCC(O)C(COC1OC(CO)C(OC2OC(CO)C(O)C(O)C2O)C(O)C1O)NC(=O)CCCCCCCCCCCCCCCCCCC. The van der Waals surface area contributed by atoms with Crippen LogP contribution in [0.15, 0.2) is 0 Å². The average Bonchev–Trinajstić information content (AvgIpc) is 3.44. The summed E-state index contributed by atoms with van der Waals surface area (Å²) in [5.74, 6) is -0.199. The van der Waals surface area contributed by atoms with Crippen molar-refractivity contribution < 1.29 is 64.6 Å². The van der Waals surface area contributed by atoms with Crippen LogP contribution in [-0.4, -0.2) is 140 Å². The summed E-state index contributed by atoms with van der Waals surface area (Å²) >= 11 is 0. The molecule has 2 aliphatic rings. The van der Waals surface area contributed by atoms with Gasteiger partial charge in [0.1, 0.15) is 48.8 Å². The number of nitrogens with one attached hydrogen (secondary N) is 1. The zero-order valence-electron chi connectivity index (χ0n) is 50.2. The standard InChI is InChI=1S/C64H125NO13/c1-3-5-7-9-11-13-15-17-19-21-22-23-24-25-26-27-28-29-30-32-33-35-37-39-41-43-45-47-53(68)52(65-56(69)48-46-44-42-40-38-36-34-31-20-18-16-14-12-10-8-6-4-2)51-75-63-61(74)59(72)62(55(50-67)77-63)78-64-60(73)58(71)57(70)54(49-66)76-64/h52-55,57-64,66-68,70-74H,3-51H2,1-2H3,(H,65,69). The molecule has 2 aliphatic heterocycles. The lowest BCUT2D eigenvalue weighted by atomic mass is 9.97. The van der Waals surface area contributed by atoms with E-state index in [0.29, 0.717) is 12.8 Å². The largest absolute Gasteiger partial charge is 0.394 e. The Morgan fingerprint density at radius 3 is 1.09 bits per heavy atom. The lowest BCUT2D eigenvalue weighted by Gasteiger charge is -2.46. The van der Waals surface area contributed by atoms with E-state index < -0.39 is 86.8 Å². The predicted octanol–water partition coefficient (Wildman–Crippen LogP) is 12.5. The summed E-state index contributed by atoms with van der Waals surface area (Å²) in [7, 11) is 0. The zero-order chi connectivity index (χ0) is 56.7. The van der Waals surface area contributed by atoms with Crippen LogP contribution in [0.1, 0.15) is 309 Å². The van der Waals surface area contributed by atoms with Crippen molar-refractivity contribution in [3.05, 3.63) is 0 Å². The Morgan fingerprint density at radius 2 is 0.731 bits per heavy atom. The number of hydrogen-bond acceptors (Lipinski definition) is 13. The highest BCUT2D eigenvalue weighted by Crippen LogP contribution is 2.30. The van der Waals surface area contributed by atoms with E-state index in [1.807, 2.05) is 0 Å². The van der Waals surface area contributed by atoms with Gasteiger partial charge < -0.3 is 65.1 Å². The highest BCUT2D eigenvalue weighted by atomic mass is 16.7. The van der Waals surface area contributed by atoms with Crippen LogP contribution in [0.3, 0.4) is 0 Å². The van der Waals surface area contributed by atoms with E-state index in [2.05, 4.69) is 19.2 Å². The van der Waals surface area contributed by atoms with Crippen LogP contribution < -0.4 is 5.32 Å². The molecule has 14 heteroatoms. The molecule has 0 bridgehead atoms. The van der Waals surface area contributed by atoms with Gasteiger partial charge in [0.2, 0.25) is 5.91 Å². The van der Waals surface area contributed by atoms with Crippen LogP contribution in [0.25, 0.3) is 0 Å². The quantitative estimate of drug-likeness (QED) is 0.0259. The van der Waals surface area contributed by atoms with Gasteiger partial charge in [-0.3, -0.25) is 4.79 Å². The second-order valence-electron chi connectivity index (χ2n) is 24.0. The van der Waals surface area contributed by atoms with Crippen molar-refractivity contribution in [3.8, 4) is 0 Å². The maximum atomic E-state index is 13.3. The molecule has 0 aromatic carbocycles. The first-order valence-corrected chi connectivity index (χ1v) is 33.3. The molecule has 0 aromatic heterocycles. The number of unbranched alkanes of at least 4 members (excludes halogenated alkanes) is 42. The molecule has 78 heavy (non-hydrogen) atoms. The molecule has 1 amide bonds. The van der Waals surface area contributed by atoms with Crippen LogP contribution >= 0.6 is 0 Å². The summed E-state index contributed by atoms with van der Waals surface area (Å²) in [5, 5.41) is 87.5. The van der Waals surface area contributed by atoms with Gasteiger partial charge in [-0.25, -0.2) is 0 Å². The van der Waals surface area contributed by atoms with Crippen molar-refractivity contribution in [2.24, 2.45) is 0 Å². The van der Waals surface area contributed by atoms with E-state index in [9.17, 15) is 45.6 Å². The minimum atomic E-state index is -1.78. The number of carbonyl (C=O) groups is 1. The Labute approximate surface area is 476 Å². The lowest BCUT2D eigenvalue weighted by molar-refractivity contribution is -0.359. The third-order valence-corrected chi connectivity index (χ3v) is 16.8. The first-order chi connectivity index (χ1) is 38.1. The molecule has 0 aromatic rings. The Bertz CT molecular complexity index is 1310. The Balaban J connectivity index is 1.68. The molecular formula is C64H125NO13. The molecule has 2 saturated heterocycles. The number of rotatable bonds is 55. The minimum absolute atomic E-state index is 0.199. The van der Waals surface area contributed by atoms with Gasteiger partial charge >= 0.3 is 0 Å². The number of hydrogen-bond donors (Lipinski definition) is 9. The van der Waals surface area contributed by atoms with Gasteiger partial charge in [0, 0.05) is 6.42 Å². The summed E-state index contributed by atoms with van der Waals surface area (Å²) in [6.45, 7) is 2.92. The predicted molar refractivity (Wildman–Crippen MR) is 314 cm³/mol. The molecule has 0 spiro atoms. The first-order valence-electron chi connectivity index (χ1n) is 33.3. The van der Waals surface area contributed by atoms with Gasteiger partial charge in [-0.05, 0) is 12.8 Å². The van der Waals surface area contributed by atoms with Gasteiger partial charge in [0.25, 0.3) is 0 Å². The highest BCUT2D eigenvalue weighted by molar-refractivity contribution is 5.76. The molecule has 2 fully saturated rings. The van der Waals surface area contributed by atoms with E-state index in [1.54, 1.807) is 0 Å². The van der Waals surface area contributed by atoms with Crippen molar-refractivity contribution in [1.82, 2.24) is 5.32 Å². The normalized spacial score (nSPS) is 24.4. The molecule has 12 unspecified atom stereocenters. The van der Waals surface area contributed by atoms with Crippen LogP contribution in [-0.2, 0) is 23.7 Å². The number of aliphatic hydroxyl groups is 8. The maximum absolute atomic E-state index is 13.3. The van der Waals surface area contributed by atoms with Crippen molar-refractivity contribution in [2.45, 2.75) is 383 Å². The molecule has 464 valence electrons. The van der Waals surface area contributed by atoms with Crippen LogP contribution in [0.5, 0.6) is 0 Å². The van der Waals surface area contributed by atoms with Gasteiger partial charge in [0.05, 0.1) is 32.0 Å². The number of carbonyl (C=O) groups excluding carboxylic acids is 1. The topological polar surface area (TPSA) is 228 Å². The molecule has 12 atom stereocenters. The van der Waals surface area contributed by atoms with Gasteiger partial charge in [0.15, 0.2) is 12.6 Å². The molecule has 2 heterocycles. The van der Waals surface area contributed by atoms with Crippen molar-refractivity contribution in [3.63, 3.8) is 0 Å². The Hall–Kier alpha value is -1.01. The summed E-state index contributed by atoms with van der Waals surface area (Å²) in [6, 6.07) is -0.823. The molecule has 0 saturated carbocycles. The second kappa shape index (κ2) is 50.5. The van der Waals surface area contributed by atoms with Crippen LogP contribution in [0.4, 0.5) is 0 Å². The van der Waals surface area contributed by atoms with Gasteiger partial charge in [-0.2, -0.15) is 0 Å². The zero-order valence-corrected chi connectivity index (χ0v) is 50.2. The molecular weight excluding hydrogens is 991 g/mol. The van der Waals surface area contributed by atoms with E-state index in [-0.39, 0.29) is 12.5 Å². The molecule has 2 rings (SSSR count). The number of aliphatic hydroxyl groups excluding tert-OH is 8. The number of amides is 1. The smallest absolute Gasteiger partial charge is 0.220 e. The fourth-order valence-corrected chi connectivity index (χ4v) is 11.5. The van der Waals surface area contributed by atoms with Crippen LogP contribution in [0.2, 0.25) is 0 Å². The summed E-state index contributed by atoms with van der Waals surface area (Å²) in [5.41, 5.74) is 0. The van der Waals surface area contributed by atoms with E-state index in [4.69, 9.17) is 18.9 Å². The Morgan fingerprint density at radius 1 is 0.410 bits per heavy atom. The average molecular weight is 1120 g/mol. The van der Waals surface area contributed by atoms with E-state index >= 15 is 0 Å². The molecule has 0 aliphatic carbocycles. The fourth-order valence-electron chi connectivity index (χ4n) is 11.5. The summed E-state index contributed by atoms with van der Waals surface area (Å²) in [6.07, 6.45) is 41.1. The third-order valence-electron chi connectivity index (χ3n) is 16.8. The fraction of sp³-hybridized carbons (Fsp3) is 0.984. The molecule has 9 N–H and O–H groups in total. The lowest BCUT2D eigenvalue weighted by Crippen LogP contribution is -2.65. The minimum Gasteiger partial charge on any atom is -0.394 e.